The Bertz CT molecular complexity index is 377. The topological polar surface area (TPSA) is 99.2 Å². The molecule has 1 saturated heterocycles. The molecule has 0 unspecified atom stereocenters. The fourth-order valence-corrected chi connectivity index (χ4v) is 1.43. The summed E-state index contributed by atoms with van der Waals surface area (Å²) >= 11 is 0. The molecule has 1 fully saturated rings. The van der Waals surface area contributed by atoms with E-state index in [1.807, 2.05) is 6.92 Å². The number of carbonyl (C=O) groups is 4. The van der Waals surface area contributed by atoms with Crippen LogP contribution in [0.15, 0.2) is 0 Å². The molecule has 0 aliphatic carbocycles. The Morgan fingerprint density at radius 2 is 1.70 bits per heavy atom. The van der Waals surface area contributed by atoms with Crippen LogP contribution in [-0.2, 0) is 28.7 Å². The molecule has 8 heteroatoms. The first-order chi connectivity index (χ1) is 9.54. The van der Waals surface area contributed by atoms with Gasteiger partial charge in [-0.05, 0) is 6.42 Å². The van der Waals surface area contributed by atoms with Gasteiger partial charge in [0.25, 0.3) is 11.8 Å². The van der Waals surface area contributed by atoms with Crippen LogP contribution in [0.1, 0.15) is 39.0 Å². The Morgan fingerprint density at radius 1 is 1.10 bits per heavy atom. The summed E-state index contributed by atoms with van der Waals surface area (Å²) in [4.78, 5) is 49.0. The molecule has 1 rings (SSSR count). The molecule has 0 saturated carbocycles. The lowest BCUT2D eigenvalue weighted by atomic mass is 10.2. The molecular weight excluding hydrogens is 270 g/mol. The van der Waals surface area contributed by atoms with E-state index in [0.717, 1.165) is 12.8 Å². The maximum absolute atomic E-state index is 11.2. The van der Waals surface area contributed by atoms with Gasteiger partial charge in [-0.2, -0.15) is 0 Å². The predicted octanol–water partition coefficient (Wildman–Crippen LogP) is 0.937. The standard InChI is InChI=1S/C12H17NO7/c1-2-3-4-11(16)18-7-8-19-12(17)20-13-9(14)5-6-10(13)15/h2-8H2,1H3. The Balaban J connectivity index is 2.13. The van der Waals surface area contributed by atoms with Crippen molar-refractivity contribution >= 4 is 23.9 Å². The molecule has 0 bridgehead atoms. The Morgan fingerprint density at radius 3 is 2.30 bits per heavy atom. The van der Waals surface area contributed by atoms with Gasteiger partial charge in [-0.25, -0.2) is 4.79 Å². The minimum atomic E-state index is -1.18. The van der Waals surface area contributed by atoms with Gasteiger partial charge >= 0.3 is 12.1 Å². The number of ether oxygens (including phenoxy) is 2. The zero-order valence-corrected chi connectivity index (χ0v) is 11.3. The monoisotopic (exact) mass is 287 g/mol. The van der Waals surface area contributed by atoms with E-state index in [1.54, 1.807) is 0 Å². The van der Waals surface area contributed by atoms with Crippen molar-refractivity contribution in [2.75, 3.05) is 13.2 Å². The molecule has 0 aromatic heterocycles. The minimum absolute atomic E-state index is 0.0150. The third kappa shape index (κ3) is 5.25. The molecule has 1 aliphatic heterocycles. The number of amides is 2. The fraction of sp³-hybridized carbons (Fsp3) is 0.667. The maximum Gasteiger partial charge on any atom is 0.534 e. The van der Waals surface area contributed by atoms with Crippen LogP contribution in [0.2, 0.25) is 0 Å². The van der Waals surface area contributed by atoms with Gasteiger partial charge < -0.3 is 9.47 Å². The lowest BCUT2D eigenvalue weighted by Crippen LogP contribution is -2.32. The molecule has 0 spiro atoms. The van der Waals surface area contributed by atoms with E-state index in [1.165, 1.54) is 0 Å². The van der Waals surface area contributed by atoms with Gasteiger partial charge in [-0.1, -0.05) is 18.4 Å². The Hall–Kier alpha value is -2.12. The fourth-order valence-electron chi connectivity index (χ4n) is 1.43. The highest BCUT2D eigenvalue weighted by molar-refractivity contribution is 6.01. The Kier molecular flexibility index (Phi) is 6.48. The summed E-state index contributed by atoms with van der Waals surface area (Å²) < 4.78 is 9.36. The summed E-state index contributed by atoms with van der Waals surface area (Å²) in [5.74, 6) is -1.54. The number of imide groups is 1. The van der Waals surface area contributed by atoms with Gasteiger partial charge in [-0.3, -0.25) is 19.2 Å². The average molecular weight is 287 g/mol. The number of nitrogens with zero attached hydrogens (tertiary/aromatic N) is 1. The molecule has 0 aromatic rings. The molecule has 8 nitrogen and oxygen atoms in total. The van der Waals surface area contributed by atoms with Gasteiger partial charge in [-0.15, -0.1) is 0 Å². The highest BCUT2D eigenvalue weighted by Gasteiger charge is 2.33. The van der Waals surface area contributed by atoms with Crippen LogP contribution in [0.25, 0.3) is 0 Å². The van der Waals surface area contributed by atoms with Crippen LogP contribution in [0, 0.1) is 0 Å². The summed E-state index contributed by atoms with van der Waals surface area (Å²) in [5.41, 5.74) is 0. The molecule has 1 heterocycles. The van der Waals surface area contributed by atoms with Crippen molar-refractivity contribution in [2.45, 2.75) is 39.0 Å². The van der Waals surface area contributed by atoms with E-state index in [9.17, 15) is 19.2 Å². The summed E-state index contributed by atoms with van der Waals surface area (Å²) in [6, 6.07) is 0. The molecule has 2 amide bonds. The number of hydrogen-bond acceptors (Lipinski definition) is 7. The van der Waals surface area contributed by atoms with Crippen LogP contribution >= 0.6 is 0 Å². The number of hydrogen-bond donors (Lipinski definition) is 0. The van der Waals surface area contributed by atoms with Gasteiger partial charge in [0, 0.05) is 19.3 Å². The van der Waals surface area contributed by atoms with E-state index in [-0.39, 0.29) is 32.0 Å². The lowest BCUT2D eigenvalue weighted by Gasteiger charge is -2.12. The van der Waals surface area contributed by atoms with Gasteiger partial charge in [0.05, 0.1) is 0 Å². The maximum atomic E-state index is 11.2. The SMILES string of the molecule is CCCCC(=O)OCCOC(=O)ON1C(=O)CCC1=O. The average Bonchev–Trinajstić information content (AvgIpc) is 2.73. The highest BCUT2D eigenvalue weighted by atomic mass is 16.8. The van der Waals surface area contributed by atoms with Crippen molar-refractivity contribution in [2.24, 2.45) is 0 Å². The molecule has 0 atom stereocenters. The molecule has 112 valence electrons. The van der Waals surface area contributed by atoms with E-state index < -0.39 is 18.0 Å². The van der Waals surface area contributed by atoms with Crippen molar-refractivity contribution in [3.63, 3.8) is 0 Å². The second-order valence-corrected chi connectivity index (χ2v) is 4.10. The van der Waals surface area contributed by atoms with Crippen LogP contribution in [-0.4, -0.2) is 42.2 Å². The van der Waals surface area contributed by atoms with Crippen LogP contribution < -0.4 is 0 Å². The molecule has 1 aliphatic rings. The number of esters is 1. The zero-order valence-electron chi connectivity index (χ0n) is 11.3. The third-order valence-corrected chi connectivity index (χ3v) is 2.47. The van der Waals surface area contributed by atoms with Crippen LogP contribution in [0.5, 0.6) is 0 Å². The van der Waals surface area contributed by atoms with Gasteiger partial charge in [0.1, 0.15) is 13.2 Å². The van der Waals surface area contributed by atoms with E-state index >= 15 is 0 Å². The molecule has 0 aromatic carbocycles. The van der Waals surface area contributed by atoms with Crippen LogP contribution in [0.4, 0.5) is 4.79 Å². The third-order valence-electron chi connectivity index (χ3n) is 2.47. The highest BCUT2D eigenvalue weighted by Crippen LogP contribution is 2.12. The molecular formula is C12H17NO7. The first kappa shape index (κ1) is 15.9. The second kappa shape index (κ2) is 8.13. The zero-order chi connectivity index (χ0) is 15.0. The second-order valence-electron chi connectivity index (χ2n) is 4.10. The van der Waals surface area contributed by atoms with E-state index in [2.05, 4.69) is 9.57 Å². The normalized spacial score (nSPS) is 14.3. The summed E-state index contributed by atoms with van der Waals surface area (Å²) in [6.45, 7) is 1.65. The number of hydroxylamine groups is 2. The van der Waals surface area contributed by atoms with Gasteiger partial charge in [0.2, 0.25) is 0 Å². The summed E-state index contributed by atoms with van der Waals surface area (Å²) in [7, 11) is 0. The quantitative estimate of drug-likeness (QED) is 0.390. The molecule has 20 heavy (non-hydrogen) atoms. The molecule has 0 radical (unpaired) electrons. The van der Waals surface area contributed by atoms with Gasteiger partial charge in [0.15, 0.2) is 0 Å². The lowest BCUT2D eigenvalue weighted by molar-refractivity contribution is -0.177. The summed E-state index contributed by atoms with van der Waals surface area (Å²) in [6.07, 6.45) is 0.787. The number of carbonyl (C=O) groups excluding carboxylic acids is 4. The van der Waals surface area contributed by atoms with Crippen molar-refractivity contribution in [1.82, 2.24) is 5.06 Å². The van der Waals surface area contributed by atoms with Crippen molar-refractivity contribution in [3.05, 3.63) is 0 Å². The Labute approximate surface area is 115 Å². The van der Waals surface area contributed by atoms with Crippen molar-refractivity contribution in [3.8, 4) is 0 Å². The predicted molar refractivity (Wildman–Crippen MR) is 64.0 cm³/mol. The van der Waals surface area contributed by atoms with Crippen LogP contribution in [0.3, 0.4) is 0 Å². The smallest absolute Gasteiger partial charge is 0.462 e. The largest absolute Gasteiger partial charge is 0.534 e. The molecule has 0 N–H and O–H groups in total. The van der Waals surface area contributed by atoms with E-state index in [0.29, 0.717) is 11.5 Å². The van der Waals surface area contributed by atoms with Crippen molar-refractivity contribution in [1.29, 1.82) is 0 Å². The number of unbranched alkanes of at least 4 members (excludes halogenated alkanes) is 1. The number of rotatable bonds is 7. The first-order valence-corrected chi connectivity index (χ1v) is 6.40. The minimum Gasteiger partial charge on any atom is -0.462 e. The first-order valence-electron chi connectivity index (χ1n) is 6.40. The summed E-state index contributed by atoms with van der Waals surface area (Å²) in [5, 5.41) is 0.385. The van der Waals surface area contributed by atoms with Crippen molar-refractivity contribution < 1.29 is 33.5 Å². The van der Waals surface area contributed by atoms with E-state index in [4.69, 9.17) is 4.74 Å².